The predicted octanol–water partition coefficient (Wildman–Crippen LogP) is 2.28. The van der Waals surface area contributed by atoms with Crippen molar-refractivity contribution in [1.82, 2.24) is 0 Å². The predicted molar refractivity (Wildman–Crippen MR) is 53.6 cm³/mol. The molecule has 0 fully saturated rings. The van der Waals surface area contributed by atoms with E-state index < -0.39 is 5.97 Å². The molecule has 68 valence electrons. The van der Waals surface area contributed by atoms with Gasteiger partial charge in [0, 0.05) is 5.25 Å². The summed E-state index contributed by atoms with van der Waals surface area (Å²) in [6, 6.07) is 0. The van der Waals surface area contributed by atoms with Crippen molar-refractivity contribution in [3.05, 3.63) is 23.0 Å². The zero-order valence-electron chi connectivity index (χ0n) is 7.10. The Hall–Kier alpha value is -0.700. The van der Waals surface area contributed by atoms with E-state index in [4.69, 9.17) is 5.11 Å². The van der Waals surface area contributed by atoms with E-state index in [1.54, 1.807) is 0 Å². The molecule has 0 aromatic heterocycles. The van der Waals surface area contributed by atoms with Crippen LogP contribution in [0.5, 0.6) is 0 Å². The third-order valence-corrected chi connectivity index (χ3v) is 4.35. The minimum atomic E-state index is -0.682. The molecule has 1 aliphatic heterocycles. The van der Waals surface area contributed by atoms with E-state index in [9.17, 15) is 4.79 Å². The van der Waals surface area contributed by atoms with Gasteiger partial charge in [-0.25, -0.2) is 10.9 Å². The van der Waals surface area contributed by atoms with Gasteiger partial charge in [-0.15, -0.1) is 0 Å². The number of rotatable bonds is 4. The summed E-state index contributed by atoms with van der Waals surface area (Å²) in [5.41, 5.74) is 0. The lowest BCUT2D eigenvalue weighted by Crippen LogP contribution is -2.10. The maximum atomic E-state index is 10.5. The normalized spacial score (nSPS) is 19.9. The Morgan fingerprint density at radius 2 is 2.08 bits per heavy atom. The number of carbonyl (C=O) groups is 1. The van der Waals surface area contributed by atoms with Crippen molar-refractivity contribution in [3.8, 4) is 0 Å². The highest BCUT2D eigenvalue weighted by molar-refractivity contribution is 8.22. The van der Waals surface area contributed by atoms with E-state index in [-0.39, 0.29) is 10.9 Å². The Balaban J connectivity index is 2.49. The number of hydrogen-bond donors (Lipinski definition) is 2. The van der Waals surface area contributed by atoms with Crippen LogP contribution in [0.25, 0.3) is 0 Å². The Kier molecular flexibility index (Phi) is 3.41. The number of hydrogen-bond acceptors (Lipinski definition) is 1. The fourth-order valence-corrected chi connectivity index (χ4v) is 3.22. The van der Waals surface area contributed by atoms with E-state index in [1.807, 2.05) is 12.2 Å². The van der Waals surface area contributed by atoms with Gasteiger partial charge in [0.25, 0.3) is 0 Å². The van der Waals surface area contributed by atoms with Crippen molar-refractivity contribution in [2.75, 3.05) is 0 Å². The molecule has 0 bridgehead atoms. The molecule has 1 N–H and O–H groups in total. The molecule has 3 heteroatoms. The number of carboxylic acids is 1. The van der Waals surface area contributed by atoms with Crippen LogP contribution in [0.4, 0.5) is 0 Å². The zero-order chi connectivity index (χ0) is 8.97. The maximum Gasteiger partial charge on any atom is 0.304 e. The lowest BCUT2D eigenvalue weighted by molar-refractivity contribution is -0.136. The van der Waals surface area contributed by atoms with Crippen molar-refractivity contribution in [1.29, 1.82) is 0 Å². The average molecular weight is 186 g/mol. The molecule has 0 saturated heterocycles. The second-order valence-electron chi connectivity index (χ2n) is 2.79. The first kappa shape index (κ1) is 9.39. The summed E-state index contributed by atoms with van der Waals surface area (Å²) >= 11 is 0. The fourth-order valence-electron chi connectivity index (χ4n) is 1.25. The smallest absolute Gasteiger partial charge is 0.304 e. The topological polar surface area (TPSA) is 37.3 Å². The summed E-state index contributed by atoms with van der Waals surface area (Å²) in [6.07, 6.45) is 5.27. The van der Waals surface area contributed by atoms with Gasteiger partial charge in [-0.1, -0.05) is 19.1 Å². The molecular weight excluding hydrogens is 172 g/mol. The summed E-state index contributed by atoms with van der Waals surface area (Å²) < 4.78 is 0. The number of aliphatic carboxylic acids is 1. The van der Waals surface area contributed by atoms with Crippen molar-refractivity contribution in [2.24, 2.45) is 0 Å². The third-order valence-electron chi connectivity index (χ3n) is 1.93. The van der Waals surface area contributed by atoms with Gasteiger partial charge in [-0.2, -0.15) is 0 Å². The molecule has 12 heavy (non-hydrogen) atoms. The molecule has 0 amide bonds. The molecule has 0 aromatic rings. The van der Waals surface area contributed by atoms with E-state index in [1.165, 1.54) is 0 Å². The molecular formula is C9H14O2S. The minimum absolute atomic E-state index is 0.283. The quantitative estimate of drug-likeness (QED) is 0.661. The summed E-state index contributed by atoms with van der Waals surface area (Å²) in [7, 11) is -0.283. The van der Waals surface area contributed by atoms with Crippen LogP contribution in [0.2, 0.25) is 0 Å². The lowest BCUT2D eigenvalue weighted by Gasteiger charge is -2.20. The third kappa shape index (κ3) is 2.41. The van der Waals surface area contributed by atoms with Gasteiger partial charge in [0.1, 0.15) is 0 Å². The van der Waals surface area contributed by atoms with Gasteiger partial charge in [-0.3, -0.25) is 4.79 Å². The highest BCUT2D eigenvalue weighted by atomic mass is 32.2. The van der Waals surface area contributed by atoms with Crippen LogP contribution in [-0.2, 0) is 4.79 Å². The van der Waals surface area contributed by atoms with Crippen LogP contribution < -0.4 is 0 Å². The van der Waals surface area contributed by atoms with E-state index in [2.05, 4.69) is 17.7 Å². The van der Waals surface area contributed by atoms with Gasteiger partial charge >= 0.3 is 5.97 Å². The molecule has 1 aliphatic rings. The first-order valence-electron chi connectivity index (χ1n) is 4.08. The Morgan fingerprint density at radius 3 is 2.50 bits per heavy atom. The summed E-state index contributed by atoms with van der Waals surface area (Å²) in [5, 5.41) is 13.2. The molecule has 1 rings (SSSR count). The first-order valence-corrected chi connectivity index (χ1v) is 5.63. The average Bonchev–Trinajstić information content (AvgIpc) is 2.51. The summed E-state index contributed by atoms with van der Waals surface area (Å²) in [4.78, 5) is 10.5. The van der Waals surface area contributed by atoms with Crippen molar-refractivity contribution >= 4 is 16.9 Å². The number of thiol groups is 1. The van der Waals surface area contributed by atoms with Gasteiger partial charge in [0.2, 0.25) is 0 Å². The van der Waals surface area contributed by atoms with Crippen molar-refractivity contribution in [2.45, 2.75) is 25.0 Å². The number of carboxylic acid groups (broad SMARTS) is 1. The highest BCUT2D eigenvalue weighted by Crippen LogP contribution is 2.41. The van der Waals surface area contributed by atoms with Gasteiger partial charge in [0.05, 0.1) is 6.42 Å². The van der Waals surface area contributed by atoms with Crippen molar-refractivity contribution in [3.63, 3.8) is 0 Å². The Labute approximate surface area is 75.3 Å². The molecule has 0 saturated carbocycles. The van der Waals surface area contributed by atoms with E-state index >= 15 is 0 Å². The molecule has 2 nitrogen and oxygen atoms in total. The van der Waals surface area contributed by atoms with Crippen LogP contribution in [0, 0.1) is 0 Å². The number of allylic oxidation sites excluding steroid dienone is 2. The summed E-state index contributed by atoms with van der Waals surface area (Å²) in [6.45, 7) is 2.05. The van der Waals surface area contributed by atoms with Crippen LogP contribution in [-0.4, -0.2) is 16.3 Å². The molecule has 1 unspecified atom stereocenters. The molecule has 1 atom stereocenters. The van der Waals surface area contributed by atoms with E-state index in [0.717, 1.165) is 6.42 Å². The molecule has 0 spiro atoms. The monoisotopic (exact) mass is 186 g/mol. The zero-order valence-corrected chi connectivity index (χ0v) is 8.00. The Morgan fingerprint density at radius 1 is 1.50 bits per heavy atom. The molecule has 0 aromatic carbocycles. The Bertz CT molecular complexity index is 209. The first-order chi connectivity index (χ1) is 5.74. The lowest BCUT2D eigenvalue weighted by atomic mass is 10.2. The van der Waals surface area contributed by atoms with Crippen LogP contribution in [0.3, 0.4) is 0 Å². The van der Waals surface area contributed by atoms with Gasteiger partial charge in [-0.05, 0) is 17.2 Å². The van der Waals surface area contributed by atoms with Gasteiger partial charge < -0.3 is 5.11 Å². The summed E-state index contributed by atoms with van der Waals surface area (Å²) in [5.74, 6) is -0.682. The fraction of sp³-hybridized carbons (Fsp3) is 0.444. The van der Waals surface area contributed by atoms with Crippen LogP contribution in [0.15, 0.2) is 23.0 Å². The minimum Gasteiger partial charge on any atom is -0.481 e. The molecule has 0 aliphatic carbocycles. The molecule has 1 heterocycles. The van der Waals surface area contributed by atoms with Gasteiger partial charge in [0.15, 0.2) is 0 Å². The van der Waals surface area contributed by atoms with E-state index in [0.29, 0.717) is 11.7 Å². The second-order valence-corrected chi connectivity index (χ2v) is 5.01. The van der Waals surface area contributed by atoms with Crippen LogP contribution in [0.1, 0.15) is 19.8 Å². The van der Waals surface area contributed by atoms with Crippen LogP contribution >= 0.6 is 10.9 Å². The maximum absolute atomic E-state index is 10.5. The second kappa shape index (κ2) is 4.36. The largest absolute Gasteiger partial charge is 0.481 e. The standard InChI is InChI=1S/C9H14O2S/c1-2-8(7-9(10)11)12-5-3-4-6-12/h3-6,8,12H,2,7H2,1H3,(H,10,11). The van der Waals surface area contributed by atoms with Crippen molar-refractivity contribution < 1.29 is 9.90 Å². The SMILES string of the molecule is CCC(CC(=O)O)[SH]1C=CC=C1. The highest BCUT2D eigenvalue weighted by Gasteiger charge is 2.16. The molecule has 0 radical (unpaired) electrons.